The molecule has 0 aromatic heterocycles. The summed E-state index contributed by atoms with van der Waals surface area (Å²) in [6, 6.07) is 8.37. The lowest BCUT2D eigenvalue weighted by molar-refractivity contribution is -0.00231. The first-order valence-electron chi connectivity index (χ1n) is 4.86. The van der Waals surface area contributed by atoms with Crippen molar-refractivity contribution in [1.82, 2.24) is 5.32 Å². The molecule has 1 fully saturated rings. The van der Waals surface area contributed by atoms with Gasteiger partial charge in [0.15, 0.2) is 0 Å². The monoisotopic (exact) mass is 211 g/mol. The molecule has 3 rings (SSSR count). The molecule has 3 heteroatoms. The van der Waals surface area contributed by atoms with E-state index in [1.54, 1.807) is 0 Å². The molecule has 0 aliphatic carbocycles. The summed E-state index contributed by atoms with van der Waals surface area (Å²) in [4.78, 5) is 0. The molecule has 2 heterocycles. The highest BCUT2D eigenvalue weighted by Crippen LogP contribution is 2.34. The summed E-state index contributed by atoms with van der Waals surface area (Å²) in [5, 5.41) is 3.28. The Morgan fingerprint density at radius 3 is 2.71 bits per heavy atom. The van der Waals surface area contributed by atoms with Gasteiger partial charge in [-0.05, 0) is 24.5 Å². The standard InChI is InChI=1S/C11H13NO.ClH/c1-2-4-10-9(3-1)5-6-11(13-10)7-12-8-11;/h1-4,12H,5-8H2;1H. The molecule has 2 aliphatic rings. The molecule has 0 amide bonds. The molecule has 1 aromatic carbocycles. The molecular weight excluding hydrogens is 198 g/mol. The minimum atomic E-state index is 0. The van der Waals surface area contributed by atoms with Crippen molar-refractivity contribution in [3.8, 4) is 5.75 Å². The number of para-hydroxylation sites is 1. The van der Waals surface area contributed by atoms with Crippen LogP contribution in [-0.2, 0) is 6.42 Å². The van der Waals surface area contributed by atoms with Crippen LogP contribution in [0.2, 0.25) is 0 Å². The maximum Gasteiger partial charge on any atom is 0.134 e. The predicted octanol–water partition coefficient (Wildman–Crippen LogP) is 1.78. The van der Waals surface area contributed by atoms with Crippen LogP contribution in [0.1, 0.15) is 12.0 Å². The fraction of sp³-hybridized carbons (Fsp3) is 0.455. The Labute approximate surface area is 90.1 Å². The van der Waals surface area contributed by atoms with Crippen molar-refractivity contribution < 1.29 is 4.74 Å². The first kappa shape index (κ1) is 9.81. The van der Waals surface area contributed by atoms with Crippen LogP contribution in [0.5, 0.6) is 5.75 Å². The van der Waals surface area contributed by atoms with E-state index in [0.717, 1.165) is 31.7 Å². The Hall–Kier alpha value is -0.730. The van der Waals surface area contributed by atoms with Crippen LogP contribution in [0.3, 0.4) is 0 Å². The third kappa shape index (κ3) is 1.39. The van der Waals surface area contributed by atoms with Crippen LogP contribution >= 0.6 is 12.4 Å². The van der Waals surface area contributed by atoms with Crippen molar-refractivity contribution in [2.75, 3.05) is 13.1 Å². The van der Waals surface area contributed by atoms with E-state index in [-0.39, 0.29) is 18.0 Å². The molecule has 0 radical (unpaired) electrons. The van der Waals surface area contributed by atoms with Gasteiger partial charge in [-0.15, -0.1) is 12.4 Å². The predicted molar refractivity (Wildman–Crippen MR) is 58.2 cm³/mol. The highest BCUT2D eigenvalue weighted by Gasteiger charge is 2.41. The number of benzene rings is 1. The Morgan fingerprint density at radius 2 is 2.00 bits per heavy atom. The summed E-state index contributed by atoms with van der Waals surface area (Å²) in [7, 11) is 0. The molecule has 0 saturated carbocycles. The lowest BCUT2D eigenvalue weighted by atomic mass is 9.86. The van der Waals surface area contributed by atoms with Gasteiger partial charge in [-0.3, -0.25) is 0 Å². The minimum absolute atomic E-state index is 0. The second kappa shape index (κ2) is 3.44. The van der Waals surface area contributed by atoms with Crippen molar-refractivity contribution in [3.05, 3.63) is 29.8 Å². The van der Waals surface area contributed by atoms with Crippen LogP contribution in [0, 0.1) is 0 Å². The van der Waals surface area contributed by atoms with Crippen LogP contribution in [-0.4, -0.2) is 18.7 Å². The van der Waals surface area contributed by atoms with E-state index in [4.69, 9.17) is 4.74 Å². The fourth-order valence-electron chi connectivity index (χ4n) is 2.11. The molecule has 1 saturated heterocycles. The Morgan fingerprint density at radius 1 is 1.21 bits per heavy atom. The molecule has 76 valence electrons. The maximum atomic E-state index is 5.99. The summed E-state index contributed by atoms with van der Waals surface area (Å²) in [5.74, 6) is 1.09. The first-order chi connectivity index (χ1) is 6.38. The average molecular weight is 212 g/mol. The molecule has 0 atom stereocenters. The zero-order valence-electron chi connectivity index (χ0n) is 7.95. The molecular formula is C11H14ClNO. The van der Waals surface area contributed by atoms with E-state index in [0.29, 0.717) is 0 Å². The molecule has 2 aliphatic heterocycles. The second-order valence-electron chi connectivity index (χ2n) is 4.00. The lowest BCUT2D eigenvalue weighted by Crippen LogP contribution is -2.64. The lowest BCUT2D eigenvalue weighted by Gasteiger charge is -2.45. The van der Waals surface area contributed by atoms with E-state index in [1.165, 1.54) is 5.56 Å². The van der Waals surface area contributed by atoms with Gasteiger partial charge in [0.2, 0.25) is 0 Å². The quantitative estimate of drug-likeness (QED) is 0.707. The number of hydrogen-bond acceptors (Lipinski definition) is 2. The number of fused-ring (bicyclic) bond motifs is 1. The summed E-state index contributed by atoms with van der Waals surface area (Å²) >= 11 is 0. The van der Waals surface area contributed by atoms with E-state index >= 15 is 0 Å². The number of halogens is 1. The van der Waals surface area contributed by atoms with Crippen molar-refractivity contribution in [1.29, 1.82) is 0 Å². The van der Waals surface area contributed by atoms with Gasteiger partial charge >= 0.3 is 0 Å². The van der Waals surface area contributed by atoms with E-state index in [9.17, 15) is 0 Å². The van der Waals surface area contributed by atoms with Gasteiger partial charge in [0.05, 0.1) is 0 Å². The molecule has 1 aromatic rings. The molecule has 0 unspecified atom stereocenters. The summed E-state index contributed by atoms with van der Waals surface area (Å²) < 4.78 is 5.99. The SMILES string of the molecule is Cl.c1ccc2c(c1)CCC1(CNC1)O2. The van der Waals surface area contributed by atoms with Gasteiger partial charge in [0.25, 0.3) is 0 Å². The number of nitrogens with one attached hydrogen (secondary N) is 1. The highest BCUT2D eigenvalue weighted by molar-refractivity contribution is 5.85. The van der Waals surface area contributed by atoms with E-state index in [1.807, 2.05) is 6.07 Å². The smallest absolute Gasteiger partial charge is 0.134 e. The summed E-state index contributed by atoms with van der Waals surface area (Å²) in [5.41, 5.74) is 1.49. The third-order valence-electron chi connectivity index (χ3n) is 3.04. The van der Waals surface area contributed by atoms with Crippen molar-refractivity contribution in [2.24, 2.45) is 0 Å². The zero-order valence-corrected chi connectivity index (χ0v) is 8.77. The van der Waals surface area contributed by atoms with Gasteiger partial charge in [-0.1, -0.05) is 18.2 Å². The summed E-state index contributed by atoms with van der Waals surface area (Å²) in [6.45, 7) is 2.03. The van der Waals surface area contributed by atoms with Gasteiger partial charge in [0, 0.05) is 13.1 Å². The number of hydrogen-bond donors (Lipinski definition) is 1. The average Bonchev–Trinajstić information content (AvgIpc) is 2.15. The van der Waals surface area contributed by atoms with Crippen molar-refractivity contribution in [3.63, 3.8) is 0 Å². The van der Waals surface area contributed by atoms with Crippen LogP contribution in [0.15, 0.2) is 24.3 Å². The zero-order chi connectivity index (χ0) is 8.73. The Kier molecular flexibility index (Phi) is 2.41. The summed E-state index contributed by atoms with van der Waals surface area (Å²) in [6.07, 6.45) is 2.33. The van der Waals surface area contributed by atoms with Gasteiger partial charge in [0.1, 0.15) is 11.4 Å². The maximum absolute atomic E-state index is 5.99. The van der Waals surface area contributed by atoms with Crippen molar-refractivity contribution >= 4 is 12.4 Å². The van der Waals surface area contributed by atoms with Crippen LogP contribution in [0.4, 0.5) is 0 Å². The highest BCUT2D eigenvalue weighted by atomic mass is 35.5. The second-order valence-corrected chi connectivity index (χ2v) is 4.00. The van der Waals surface area contributed by atoms with E-state index < -0.39 is 0 Å². The van der Waals surface area contributed by atoms with Gasteiger partial charge < -0.3 is 10.1 Å². The molecule has 14 heavy (non-hydrogen) atoms. The molecule has 1 spiro atoms. The molecule has 2 nitrogen and oxygen atoms in total. The Bertz CT molecular complexity index is 336. The molecule has 1 N–H and O–H groups in total. The number of ether oxygens (including phenoxy) is 1. The van der Waals surface area contributed by atoms with Crippen molar-refractivity contribution in [2.45, 2.75) is 18.4 Å². The van der Waals surface area contributed by atoms with E-state index in [2.05, 4.69) is 23.5 Å². The topological polar surface area (TPSA) is 21.3 Å². The van der Waals surface area contributed by atoms with Gasteiger partial charge in [-0.25, -0.2) is 0 Å². The molecule has 0 bridgehead atoms. The first-order valence-corrected chi connectivity index (χ1v) is 4.86. The third-order valence-corrected chi connectivity index (χ3v) is 3.04. The van der Waals surface area contributed by atoms with Crippen LogP contribution in [0.25, 0.3) is 0 Å². The fourth-order valence-corrected chi connectivity index (χ4v) is 2.11. The largest absolute Gasteiger partial charge is 0.484 e. The van der Waals surface area contributed by atoms with Crippen LogP contribution < -0.4 is 10.1 Å². The number of aryl methyl sites for hydroxylation is 1. The minimum Gasteiger partial charge on any atom is -0.484 e. The Balaban J connectivity index is 0.000000750. The number of rotatable bonds is 0. The van der Waals surface area contributed by atoms with Gasteiger partial charge in [-0.2, -0.15) is 0 Å². The normalized spacial score (nSPS) is 21.4.